The molecule has 1 saturated heterocycles. The van der Waals surface area contributed by atoms with Crippen molar-refractivity contribution >= 4 is 52.0 Å². The van der Waals surface area contributed by atoms with Crippen LogP contribution in [-0.4, -0.2) is 43.0 Å². The zero-order valence-electron chi connectivity index (χ0n) is 23.0. The number of para-hydroxylation sites is 2. The van der Waals surface area contributed by atoms with E-state index in [0.717, 1.165) is 21.2 Å². The van der Waals surface area contributed by atoms with Crippen LogP contribution >= 0.6 is 11.6 Å². The minimum Gasteiger partial charge on any atom is -0.495 e. The van der Waals surface area contributed by atoms with Gasteiger partial charge in [-0.2, -0.15) is 0 Å². The Balaban J connectivity index is 1.30. The van der Waals surface area contributed by atoms with E-state index in [1.54, 1.807) is 36.4 Å². The van der Waals surface area contributed by atoms with Gasteiger partial charge in [0.2, 0.25) is 5.91 Å². The summed E-state index contributed by atoms with van der Waals surface area (Å²) in [6.45, 7) is 1.98. The maximum absolute atomic E-state index is 13.0. The average Bonchev–Trinajstić information content (AvgIpc) is 3.24. The van der Waals surface area contributed by atoms with Crippen LogP contribution in [0.15, 0.2) is 84.6 Å². The Morgan fingerprint density at radius 1 is 0.952 bits per heavy atom. The standard InChI is InChI=1S/C32H28ClN3O6/c1-3-41-28-17-21(15-24(33)30(28)42-19-20-12-13-22-8-4-5-9-23(22)14-20)16-26-31(38)36(32(39)35-26)18-29(37)34-25-10-6-7-11-27(25)40-2/h4-17H,3,18-19H2,1-2H3,(H,34,37)(H,35,39)/b26-16+. The van der Waals surface area contributed by atoms with Gasteiger partial charge in [-0.3, -0.25) is 9.59 Å². The van der Waals surface area contributed by atoms with Crippen molar-refractivity contribution in [1.29, 1.82) is 0 Å². The average molecular weight is 586 g/mol. The molecule has 42 heavy (non-hydrogen) atoms. The van der Waals surface area contributed by atoms with E-state index < -0.39 is 24.4 Å². The number of methoxy groups -OCH3 is 1. The number of ether oxygens (including phenoxy) is 3. The Labute approximate surface area is 247 Å². The van der Waals surface area contributed by atoms with Crippen molar-refractivity contribution in [2.24, 2.45) is 0 Å². The van der Waals surface area contributed by atoms with Crippen molar-refractivity contribution in [3.63, 3.8) is 0 Å². The van der Waals surface area contributed by atoms with E-state index in [1.165, 1.54) is 13.2 Å². The van der Waals surface area contributed by atoms with Gasteiger partial charge in [0.25, 0.3) is 5.91 Å². The fraction of sp³-hybridized carbons (Fsp3) is 0.156. The number of carbonyl (C=O) groups excluding carboxylic acids is 3. The summed E-state index contributed by atoms with van der Waals surface area (Å²) in [7, 11) is 1.48. The first-order valence-electron chi connectivity index (χ1n) is 13.2. The lowest BCUT2D eigenvalue weighted by atomic mass is 10.1. The highest BCUT2D eigenvalue weighted by Crippen LogP contribution is 2.38. The number of benzene rings is 4. The largest absolute Gasteiger partial charge is 0.495 e. The first-order valence-corrected chi connectivity index (χ1v) is 13.6. The Bertz CT molecular complexity index is 1700. The van der Waals surface area contributed by atoms with Gasteiger partial charge in [-0.1, -0.05) is 60.1 Å². The van der Waals surface area contributed by atoms with Gasteiger partial charge in [-0.15, -0.1) is 0 Å². The predicted molar refractivity (Wildman–Crippen MR) is 161 cm³/mol. The molecule has 4 aromatic carbocycles. The topological polar surface area (TPSA) is 106 Å². The summed E-state index contributed by atoms with van der Waals surface area (Å²) in [5.41, 5.74) is 1.89. The van der Waals surface area contributed by atoms with E-state index in [1.807, 2.05) is 43.3 Å². The van der Waals surface area contributed by atoms with E-state index in [2.05, 4.69) is 16.7 Å². The van der Waals surface area contributed by atoms with Crippen molar-refractivity contribution in [2.45, 2.75) is 13.5 Å². The molecule has 9 nitrogen and oxygen atoms in total. The molecule has 0 aromatic heterocycles. The number of amides is 4. The lowest BCUT2D eigenvalue weighted by molar-refractivity contribution is -0.127. The number of imide groups is 1. The molecule has 0 unspecified atom stereocenters. The van der Waals surface area contributed by atoms with Crippen LogP contribution in [0.3, 0.4) is 0 Å². The molecule has 1 heterocycles. The zero-order valence-corrected chi connectivity index (χ0v) is 23.7. The first kappa shape index (κ1) is 28.5. The summed E-state index contributed by atoms with van der Waals surface area (Å²) in [5.74, 6) is 0.00254. The van der Waals surface area contributed by atoms with E-state index in [-0.39, 0.29) is 17.3 Å². The minimum atomic E-state index is -0.715. The maximum atomic E-state index is 13.0. The van der Waals surface area contributed by atoms with Crippen molar-refractivity contribution in [3.8, 4) is 17.2 Å². The third-order valence-corrected chi connectivity index (χ3v) is 6.77. The van der Waals surface area contributed by atoms with Gasteiger partial charge in [0.05, 0.1) is 24.4 Å². The SMILES string of the molecule is CCOc1cc(/C=C2/NC(=O)N(CC(=O)Nc3ccccc3OC)C2=O)cc(Cl)c1OCc1ccc2ccccc2c1. The van der Waals surface area contributed by atoms with Crippen molar-refractivity contribution in [2.75, 3.05) is 25.6 Å². The van der Waals surface area contributed by atoms with Crippen LogP contribution in [0.5, 0.6) is 17.2 Å². The smallest absolute Gasteiger partial charge is 0.329 e. The number of hydrogen-bond donors (Lipinski definition) is 2. The lowest BCUT2D eigenvalue weighted by Crippen LogP contribution is -2.38. The molecule has 0 aliphatic carbocycles. The third kappa shape index (κ3) is 6.31. The summed E-state index contributed by atoms with van der Waals surface area (Å²) >= 11 is 6.60. The second-order valence-corrected chi connectivity index (χ2v) is 9.77. The summed E-state index contributed by atoms with van der Waals surface area (Å²) < 4.78 is 17.1. The Morgan fingerprint density at radius 2 is 1.71 bits per heavy atom. The van der Waals surface area contributed by atoms with E-state index >= 15 is 0 Å². The van der Waals surface area contributed by atoms with Crippen LogP contribution in [0.1, 0.15) is 18.1 Å². The van der Waals surface area contributed by atoms with Gasteiger partial charge >= 0.3 is 6.03 Å². The van der Waals surface area contributed by atoms with Crippen molar-refractivity contribution in [1.82, 2.24) is 10.2 Å². The van der Waals surface area contributed by atoms with Gasteiger partial charge < -0.3 is 24.8 Å². The number of carbonyl (C=O) groups is 3. The normalized spacial score (nSPS) is 13.8. The Morgan fingerprint density at radius 3 is 2.50 bits per heavy atom. The summed E-state index contributed by atoms with van der Waals surface area (Å²) in [6.07, 6.45) is 1.47. The molecule has 0 spiro atoms. The quantitative estimate of drug-likeness (QED) is 0.174. The molecule has 1 aliphatic rings. The second kappa shape index (κ2) is 12.7. The van der Waals surface area contributed by atoms with Gasteiger partial charge in [-0.05, 0) is 65.2 Å². The molecule has 4 aromatic rings. The monoisotopic (exact) mass is 585 g/mol. The summed E-state index contributed by atoms with van der Waals surface area (Å²) in [5, 5.41) is 7.69. The molecule has 10 heteroatoms. The number of anilines is 1. The molecule has 214 valence electrons. The number of nitrogens with one attached hydrogen (secondary N) is 2. The predicted octanol–water partition coefficient (Wildman–Crippen LogP) is 6.01. The van der Waals surface area contributed by atoms with Crippen molar-refractivity contribution < 1.29 is 28.6 Å². The molecule has 0 saturated carbocycles. The molecule has 0 bridgehead atoms. The maximum Gasteiger partial charge on any atom is 0.329 e. The molecule has 0 radical (unpaired) electrons. The van der Waals surface area contributed by atoms with Crippen molar-refractivity contribution in [3.05, 3.63) is 101 Å². The fourth-order valence-electron chi connectivity index (χ4n) is 4.52. The molecular weight excluding hydrogens is 558 g/mol. The summed E-state index contributed by atoms with van der Waals surface area (Å²) in [6, 6.07) is 23.5. The summed E-state index contributed by atoms with van der Waals surface area (Å²) in [4.78, 5) is 39.0. The molecule has 5 rings (SSSR count). The van der Waals surface area contributed by atoms with Crippen LogP contribution in [0, 0.1) is 0 Å². The number of urea groups is 1. The highest BCUT2D eigenvalue weighted by molar-refractivity contribution is 6.32. The van der Waals surface area contributed by atoms with E-state index in [4.69, 9.17) is 25.8 Å². The van der Waals surface area contributed by atoms with E-state index in [9.17, 15) is 14.4 Å². The molecule has 1 aliphatic heterocycles. The highest BCUT2D eigenvalue weighted by atomic mass is 35.5. The number of hydrogen-bond acceptors (Lipinski definition) is 6. The second-order valence-electron chi connectivity index (χ2n) is 9.36. The van der Waals surface area contributed by atoms with Crippen LogP contribution < -0.4 is 24.8 Å². The highest BCUT2D eigenvalue weighted by Gasteiger charge is 2.35. The third-order valence-electron chi connectivity index (χ3n) is 6.48. The number of halogens is 1. The zero-order chi connectivity index (χ0) is 29.6. The fourth-order valence-corrected chi connectivity index (χ4v) is 4.80. The molecule has 1 fully saturated rings. The molecule has 0 atom stereocenters. The van der Waals surface area contributed by atoms with Crippen LogP contribution in [0.4, 0.5) is 10.5 Å². The molecule has 2 N–H and O–H groups in total. The van der Waals surface area contributed by atoms with Crippen LogP contribution in [0.25, 0.3) is 16.8 Å². The molecular formula is C32H28ClN3O6. The number of nitrogens with zero attached hydrogens (tertiary/aromatic N) is 1. The van der Waals surface area contributed by atoms with Crippen LogP contribution in [0.2, 0.25) is 5.02 Å². The number of rotatable bonds is 10. The van der Waals surface area contributed by atoms with E-state index in [0.29, 0.717) is 35.1 Å². The number of fused-ring (bicyclic) bond motifs is 1. The van der Waals surface area contributed by atoms with Gasteiger partial charge in [0, 0.05) is 0 Å². The lowest BCUT2D eigenvalue weighted by Gasteiger charge is -2.15. The van der Waals surface area contributed by atoms with Crippen LogP contribution in [-0.2, 0) is 16.2 Å². The first-order chi connectivity index (χ1) is 20.4. The Hall–Kier alpha value is -5.02. The Kier molecular flexibility index (Phi) is 8.59. The minimum absolute atomic E-state index is 0.00608. The molecule has 4 amide bonds. The van der Waals surface area contributed by atoms with Gasteiger partial charge in [0.15, 0.2) is 11.5 Å². The van der Waals surface area contributed by atoms with Gasteiger partial charge in [-0.25, -0.2) is 9.69 Å². The van der Waals surface area contributed by atoms with Gasteiger partial charge in [0.1, 0.15) is 24.6 Å².